The van der Waals surface area contributed by atoms with Gasteiger partial charge in [-0.25, -0.2) is 0 Å². The zero-order chi connectivity index (χ0) is 42.3. The lowest BCUT2D eigenvalue weighted by molar-refractivity contribution is -0.164. The van der Waals surface area contributed by atoms with Crippen LogP contribution in [0, 0.1) is 35.5 Å². The molecular weight excluding hydrogens is 744 g/mol. The van der Waals surface area contributed by atoms with Crippen LogP contribution in [0.1, 0.15) is 159 Å². The van der Waals surface area contributed by atoms with Crippen molar-refractivity contribution in [3.8, 4) is 0 Å². The van der Waals surface area contributed by atoms with Gasteiger partial charge in [-0.15, -0.1) is 0 Å². The average molecular weight is 821 g/mol. The Kier molecular flexibility index (Phi) is 17.3. The van der Waals surface area contributed by atoms with Crippen molar-refractivity contribution in [2.24, 2.45) is 35.5 Å². The number of carbonyl (C=O) groups is 4. The number of ether oxygens (including phenoxy) is 8. The fourth-order valence-corrected chi connectivity index (χ4v) is 9.38. The number of fused-ring (bicyclic) bond motifs is 8. The lowest BCUT2D eigenvalue weighted by Crippen LogP contribution is -2.36. The second-order valence-electron chi connectivity index (χ2n) is 19.0. The second kappa shape index (κ2) is 21.5. The molecule has 0 unspecified atom stereocenters. The van der Waals surface area contributed by atoms with E-state index in [1.807, 2.05) is 69.2 Å². The number of hydrogen-bond acceptors (Lipinski definition) is 12. The summed E-state index contributed by atoms with van der Waals surface area (Å²) in [5.41, 5.74) is 0. The summed E-state index contributed by atoms with van der Waals surface area (Å²) in [6, 6.07) is 0. The van der Waals surface area contributed by atoms with Crippen LogP contribution in [0.2, 0.25) is 0 Å². The van der Waals surface area contributed by atoms with Crippen LogP contribution in [0.25, 0.3) is 0 Å². The molecule has 5 fully saturated rings. The van der Waals surface area contributed by atoms with E-state index in [9.17, 15) is 19.2 Å². The van der Waals surface area contributed by atoms with E-state index < -0.39 is 23.7 Å². The quantitative estimate of drug-likeness (QED) is 0.200. The number of rotatable bonds is 4. The first-order chi connectivity index (χ1) is 27.6. The van der Waals surface area contributed by atoms with Gasteiger partial charge in [-0.1, -0.05) is 41.5 Å². The van der Waals surface area contributed by atoms with Gasteiger partial charge in [-0.05, 0) is 104 Å². The van der Waals surface area contributed by atoms with Gasteiger partial charge in [0.25, 0.3) is 0 Å². The Morgan fingerprint density at radius 1 is 0.414 bits per heavy atom. The third-order valence-electron chi connectivity index (χ3n) is 13.8. The summed E-state index contributed by atoms with van der Waals surface area (Å²) in [5.74, 6) is -2.73. The first-order valence-corrected chi connectivity index (χ1v) is 23.0. The largest absolute Gasteiger partial charge is 0.462 e. The van der Waals surface area contributed by atoms with Crippen LogP contribution >= 0.6 is 0 Å². The average Bonchev–Trinajstić information content (AvgIpc) is 4.03. The van der Waals surface area contributed by atoms with E-state index in [1.54, 1.807) is 0 Å². The lowest BCUT2D eigenvalue weighted by Gasteiger charge is -2.29. The van der Waals surface area contributed by atoms with Crippen molar-refractivity contribution < 1.29 is 57.1 Å². The molecule has 16 atom stereocenters. The molecular formula is C46H76O12. The molecule has 58 heavy (non-hydrogen) atoms. The van der Waals surface area contributed by atoms with Crippen LogP contribution in [0.4, 0.5) is 0 Å². The maximum absolute atomic E-state index is 13.5. The molecule has 12 nitrogen and oxygen atoms in total. The highest BCUT2D eigenvalue weighted by atomic mass is 16.6. The lowest BCUT2D eigenvalue weighted by atomic mass is 9.97. The second-order valence-corrected chi connectivity index (χ2v) is 19.0. The first kappa shape index (κ1) is 46.8. The van der Waals surface area contributed by atoms with Crippen LogP contribution in [0.3, 0.4) is 0 Å². The van der Waals surface area contributed by atoms with Crippen molar-refractivity contribution in [2.45, 2.75) is 232 Å². The highest BCUT2D eigenvalue weighted by Crippen LogP contribution is 2.36. The Labute approximate surface area is 348 Å². The van der Waals surface area contributed by atoms with Crippen molar-refractivity contribution >= 4 is 23.9 Å². The topological polar surface area (TPSA) is 142 Å². The van der Waals surface area contributed by atoms with Gasteiger partial charge in [-0.3, -0.25) is 19.2 Å². The highest BCUT2D eigenvalue weighted by molar-refractivity contribution is 5.74. The molecule has 0 radical (unpaired) electrons. The van der Waals surface area contributed by atoms with E-state index in [-0.39, 0.29) is 109 Å². The molecule has 0 N–H and O–H groups in total. The number of hydrogen-bond donors (Lipinski definition) is 0. The van der Waals surface area contributed by atoms with E-state index in [0.29, 0.717) is 38.5 Å². The molecule has 8 bridgehead atoms. The van der Waals surface area contributed by atoms with Crippen molar-refractivity contribution in [3.63, 3.8) is 0 Å². The van der Waals surface area contributed by atoms with E-state index in [1.165, 1.54) is 0 Å². The molecule has 332 valence electrons. The molecule has 0 amide bonds. The molecule has 5 aliphatic heterocycles. The monoisotopic (exact) mass is 821 g/mol. The van der Waals surface area contributed by atoms with E-state index in [2.05, 4.69) is 0 Å². The smallest absolute Gasteiger partial charge is 0.311 e. The molecule has 5 heterocycles. The summed E-state index contributed by atoms with van der Waals surface area (Å²) in [7, 11) is 0. The van der Waals surface area contributed by atoms with Gasteiger partial charge in [0, 0.05) is 25.7 Å². The maximum atomic E-state index is 13.5. The van der Waals surface area contributed by atoms with Crippen LogP contribution in [-0.4, -0.2) is 97.1 Å². The minimum absolute atomic E-state index is 0.0810. The van der Waals surface area contributed by atoms with Crippen molar-refractivity contribution in [1.82, 2.24) is 0 Å². The molecule has 0 saturated carbocycles. The van der Waals surface area contributed by atoms with E-state index in [0.717, 1.165) is 51.4 Å². The van der Waals surface area contributed by atoms with Crippen LogP contribution in [0.15, 0.2) is 0 Å². The van der Waals surface area contributed by atoms with Gasteiger partial charge in [0.2, 0.25) is 0 Å². The SMILES string of the molecule is CC[C@H]1C[C@@H]2CC[C@@H](O2)[C@@H](C)C(=O)O[C@H](C(C)C)C[C@H]2CC[C@H](O2)[C@H](C)C(=O)O[C@@H](CC)C[C@@H]2CC[C@@H](O2)[C@@H](C)C(=O)O[C@H](C(C)C)C[C@H]2CC[C@H](O2)[C@H](C)C(=O)O1. The van der Waals surface area contributed by atoms with Gasteiger partial charge in [0.05, 0.1) is 72.5 Å². The fraction of sp³-hybridized carbons (Fsp3) is 0.913. The van der Waals surface area contributed by atoms with Crippen molar-refractivity contribution in [2.75, 3.05) is 0 Å². The van der Waals surface area contributed by atoms with Gasteiger partial charge >= 0.3 is 23.9 Å². The summed E-state index contributed by atoms with van der Waals surface area (Å²) < 4.78 is 50.1. The van der Waals surface area contributed by atoms with Crippen molar-refractivity contribution in [1.29, 1.82) is 0 Å². The third-order valence-corrected chi connectivity index (χ3v) is 13.8. The Balaban J connectivity index is 1.27. The fourth-order valence-electron chi connectivity index (χ4n) is 9.38. The summed E-state index contributed by atoms with van der Waals surface area (Å²) in [6.45, 7) is 19.7. The predicted octanol–water partition coefficient (Wildman–Crippen LogP) is 8.07. The minimum Gasteiger partial charge on any atom is -0.462 e. The molecule has 0 aromatic carbocycles. The highest BCUT2D eigenvalue weighted by Gasteiger charge is 2.42. The molecule has 12 heteroatoms. The Hall–Kier alpha value is -2.28. The number of cyclic esters (lactones) is 4. The van der Waals surface area contributed by atoms with Gasteiger partial charge < -0.3 is 37.9 Å². The molecule has 5 rings (SSSR count). The van der Waals surface area contributed by atoms with E-state index in [4.69, 9.17) is 37.9 Å². The summed E-state index contributed by atoms with van der Waals surface area (Å²) in [5, 5.41) is 0. The minimum atomic E-state index is -0.448. The summed E-state index contributed by atoms with van der Waals surface area (Å²) in [6.07, 6.45) is 6.63. The molecule has 0 spiro atoms. The summed E-state index contributed by atoms with van der Waals surface area (Å²) in [4.78, 5) is 54.0. The molecule has 0 aromatic heterocycles. The number of esters is 4. The molecule has 0 aromatic rings. The standard InChI is InChI=1S/C46H76O12/c1-11-31-21-33-13-17-39(51-33)29(9)45(49)57-42(26(5)6)24-36-16-20-38(54-36)28(8)44(48)56-32(12-2)22-34-14-18-40(52-34)30(10)46(50)58-41(25(3)4)23-35-15-19-37(53-35)27(7)43(47)55-31/h25-42H,11-24H2,1-10H3/t27-,28-,29+,30+,31-,32-,33-,34-,35+,36+,37-,38-,39+,40+,41-,42-/m0/s1. The number of carbonyl (C=O) groups excluding carboxylic acids is 4. The zero-order valence-electron chi connectivity index (χ0n) is 37.2. The summed E-state index contributed by atoms with van der Waals surface area (Å²) >= 11 is 0. The zero-order valence-corrected chi connectivity index (χ0v) is 37.2. The van der Waals surface area contributed by atoms with Gasteiger partial charge in [0.15, 0.2) is 0 Å². The van der Waals surface area contributed by atoms with Crippen molar-refractivity contribution in [3.05, 3.63) is 0 Å². The van der Waals surface area contributed by atoms with Crippen LogP contribution in [0.5, 0.6) is 0 Å². The third kappa shape index (κ3) is 12.4. The molecule has 0 aliphatic carbocycles. The van der Waals surface area contributed by atoms with Gasteiger partial charge in [-0.2, -0.15) is 0 Å². The Bertz CT molecular complexity index is 1250. The van der Waals surface area contributed by atoms with Crippen LogP contribution < -0.4 is 0 Å². The maximum Gasteiger partial charge on any atom is 0.311 e. The first-order valence-electron chi connectivity index (χ1n) is 23.0. The Morgan fingerprint density at radius 3 is 0.931 bits per heavy atom. The normalized spacial score (nSPS) is 42.0. The predicted molar refractivity (Wildman–Crippen MR) is 216 cm³/mol. The van der Waals surface area contributed by atoms with E-state index >= 15 is 0 Å². The molecule has 5 saturated heterocycles. The Morgan fingerprint density at radius 2 is 0.672 bits per heavy atom. The van der Waals surface area contributed by atoms with Crippen LogP contribution in [-0.2, 0) is 57.1 Å². The van der Waals surface area contributed by atoms with Gasteiger partial charge in [0.1, 0.15) is 24.4 Å². The molecule has 5 aliphatic rings.